The third kappa shape index (κ3) is 3.93. The Morgan fingerprint density at radius 3 is 2.69 bits per heavy atom. The second kappa shape index (κ2) is 7.64. The molecule has 2 aliphatic heterocycles. The van der Waals surface area contributed by atoms with Crippen molar-refractivity contribution in [3.8, 4) is 0 Å². The van der Waals surface area contributed by atoms with Crippen molar-refractivity contribution >= 4 is 38.9 Å². The number of halogens is 1. The highest BCUT2D eigenvalue weighted by atomic mass is 35.5. The van der Waals surface area contributed by atoms with Crippen LogP contribution in [0.1, 0.15) is 32.6 Å². The van der Waals surface area contributed by atoms with Gasteiger partial charge in [-0.2, -0.15) is 0 Å². The van der Waals surface area contributed by atoms with Gasteiger partial charge in [-0.05, 0) is 43.9 Å². The third-order valence-electron chi connectivity index (χ3n) is 5.33. The minimum Gasteiger partial charge on any atom is -0.371 e. The maximum absolute atomic E-state index is 13.0. The molecule has 1 amide bonds. The van der Waals surface area contributed by atoms with Crippen LogP contribution in [0.5, 0.6) is 0 Å². The molecule has 1 aromatic rings. The quantitative estimate of drug-likeness (QED) is 0.781. The summed E-state index contributed by atoms with van der Waals surface area (Å²) in [6.45, 7) is 3.34. The lowest BCUT2D eigenvalue weighted by Gasteiger charge is -2.38. The maximum atomic E-state index is 13.0. The largest absolute Gasteiger partial charge is 0.371 e. The summed E-state index contributed by atoms with van der Waals surface area (Å²) in [5.41, 5.74) is 1.51. The first-order valence-electron chi connectivity index (χ1n) is 9.08. The smallest absolute Gasteiger partial charge is 0.235 e. The van der Waals surface area contributed by atoms with Gasteiger partial charge in [-0.1, -0.05) is 11.6 Å². The summed E-state index contributed by atoms with van der Waals surface area (Å²) in [6.07, 6.45) is 3.40. The zero-order chi connectivity index (χ0) is 18.9. The third-order valence-corrected chi connectivity index (χ3v) is 7.37. The number of carbonyl (C=O) groups is 1. The number of benzene rings is 1. The van der Waals surface area contributed by atoms with E-state index in [4.69, 9.17) is 11.6 Å². The van der Waals surface area contributed by atoms with Crippen LogP contribution in [-0.2, 0) is 14.8 Å². The van der Waals surface area contributed by atoms with Gasteiger partial charge in [-0.15, -0.1) is 0 Å². The summed E-state index contributed by atoms with van der Waals surface area (Å²) in [6, 6.07) is 5.32. The summed E-state index contributed by atoms with van der Waals surface area (Å²) < 4.78 is 27.6. The fourth-order valence-corrected chi connectivity index (χ4v) is 5.66. The van der Waals surface area contributed by atoms with E-state index in [1.54, 1.807) is 25.1 Å². The molecule has 0 spiro atoms. The highest BCUT2D eigenvalue weighted by molar-refractivity contribution is 7.92. The Hall–Kier alpha value is -1.47. The Balaban J connectivity index is 1.77. The van der Waals surface area contributed by atoms with Crippen molar-refractivity contribution in [3.63, 3.8) is 0 Å². The van der Waals surface area contributed by atoms with Crippen LogP contribution in [0.25, 0.3) is 0 Å². The molecule has 0 radical (unpaired) electrons. The summed E-state index contributed by atoms with van der Waals surface area (Å²) >= 11 is 6.08. The Kier molecular flexibility index (Phi) is 5.67. The average molecular weight is 400 g/mol. The van der Waals surface area contributed by atoms with E-state index in [0.29, 0.717) is 30.2 Å². The molecule has 3 rings (SSSR count). The maximum Gasteiger partial charge on any atom is 0.235 e. The monoisotopic (exact) mass is 399 g/mol. The first-order chi connectivity index (χ1) is 12.3. The molecule has 6 nitrogen and oxygen atoms in total. The minimum atomic E-state index is -3.46. The molecule has 1 fully saturated rings. The molecule has 2 aliphatic rings. The van der Waals surface area contributed by atoms with Crippen LogP contribution in [-0.4, -0.2) is 57.7 Å². The molecule has 0 bridgehead atoms. The molecule has 1 unspecified atom stereocenters. The second-order valence-corrected chi connectivity index (χ2v) is 9.54. The van der Waals surface area contributed by atoms with Crippen LogP contribution in [0.3, 0.4) is 0 Å². The van der Waals surface area contributed by atoms with Crippen molar-refractivity contribution in [1.82, 2.24) is 4.90 Å². The van der Waals surface area contributed by atoms with Gasteiger partial charge in [-0.25, -0.2) is 8.42 Å². The standard InChI is InChI=1S/C18H26ClN3O3S/c1-14(23)21-9-4-3-5-16(21)8-12-26(24,25)22-11-10-20(2)18-13-15(19)6-7-17(18)22/h6-7,13,16H,3-5,8-12H2,1-2H3. The Labute approximate surface area is 160 Å². The molecule has 2 heterocycles. The molecule has 1 saturated heterocycles. The summed E-state index contributed by atoms with van der Waals surface area (Å²) in [7, 11) is -1.52. The van der Waals surface area contributed by atoms with Gasteiger partial charge in [0, 0.05) is 38.1 Å². The van der Waals surface area contributed by atoms with E-state index in [2.05, 4.69) is 0 Å². The Morgan fingerprint density at radius 1 is 1.19 bits per heavy atom. The van der Waals surface area contributed by atoms with Crippen LogP contribution in [0.4, 0.5) is 11.4 Å². The summed E-state index contributed by atoms with van der Waals surface area (Å²) in [5.74, 6) is 0.0828. The normalized spacial score (nSPS) is 20.9. The fraction of sp³-hybridized carbons (Fsp3) is 0.611. The highest BCUT2D eigenvalue weighted by Gasteiger charge is 2.32. The fourth-order valence-electron chi connectivity index (χ4n) is 3.89. The van der Waals surface area contributed by atoms with Crippen LogP contribution in [0.15, 0.2) is 18.2 Å². The number of anilines is 2. The van der Waals surface area contributed by atoms with Gasteiger partial charge in [0.25, 0.3) is 0 Å². The van der Waals surface area contributed by atoms with Gasteiger partial charge in [0.1, 0.15) is 0 Å². The number of likely N-dealkylation sites (tertiary alicyclic amines) is 1. The lowest BCUT2D eigenvalue weighted by molar-refractivity contribution is -0.132. The molecule has 1 atom stereocenters. The van der Waals surface area contributed by atoms with E-state index >= 15 is 0 Å². The van der Waals surface area contributed by atoms with Gasteiger partial charge in [0.15, 0.2) is 0 Å². The zero-order valence-corrected chi connectivity index (χ0v) is 16.9. The molecule has 144 valence electrons. The van der Waals surface area contributed by atoms with Crippen molar-refractivity contribution < 1.29 is 13.2 Å². The average Bonchev–Trinajstić information content (AvgIpc) is 2.60. The van der Waals surface area contributed by atoms with E-state index in [1.807, 2.05) is 16.8 Å². The number of likely N-dealkylation sites (N-methyl/N-ethyl adjacent to an activating group) is 1. The number of sulfonamides is 1. The molecule has 0 aromatic heterocycles. The van der Waals surface area contributed by atoms with Crippen molar-refractivity contribution in [1.29, 1.82) is 0 Å². The lowest BCUT2D eigenvalue weighted by Crippen LogP contribution is -2.46. The van der Waals surface area contributed by atoms with E-state index in [-0.39, 0.29) is 17.7 Å². The van der Waals surface area contributed by atoms with Crippen molar-refractivity contribution in [2.75, 3.05) is 41.6 Å². The van der Waals surface area contributed by atoms with E-state index in [0.717, 1.165) is 31.5 Å². The molecule has 0 aliphatic carbocycles. The molecule has 1 aromatic carbocycles. The number of hydrogen-bond acceptors (Lipinski definition) is 4. The van der Waals surface area contributed by atoms with Gasteiger partial charge in [0.05, 0.1) is 23.7 Å². The number of hydrogen-bond donors (Lipinski definition) is 0. The van der Waals surface area contributed by atoms with Crippen molar-refractivity contribution in [2.45, 2.75) is 38.6 Å². The summed E-state index contributed by atoms with van der Waals surface area (Å²) in [5, 5.41) is 0.592. The van der Waals surface area contributed by atoms with Crippen LogP contribution in [0.2, 0.25) is 5.02 Å². The second-order valence-electron chi connectivity index (χ2n) is 7.09. The Morgan fingerprint density at radius 2 is 1.96 bits per heavy atom. The molecular weight excluding hydrogens is 374 g/mol. The van der Waals surface area contributed by atoms with Gasteiger partial charge >= 0.3 is 0 Å². The first-order valence-corrected chi connectivity index (χ1v) is 11.1. The van der Waals surface area contributed by atoms with Crippen LogP contribution in [0, 0.1) is 0 Å². The molecule has 0 saturated carbocycles. The molecular formula is C18H26ClN3O3S. The number of amides is 1. The number of piperidine rings is 1. The van der Waals surface area contributed by atoms with Gasteiger partial charge in [0.2, 0.25) is 15.9 Å². The molecule has 26 heavy (non-hydrogen) atoms. The van der Waals surface area contributed by atoms with E-state index in [1.165, 1.54) is 4.31 Å². The van der Waals surface area contributed by atoms with Crippen molar-refractivity contribution in [3.05, 3.63) is 23.2 Å². The molecule has 0 N–H and O–H groups in total. The minimum absolute atomic E-state index is 0.0215. The predicted molar refractivity (Wildman–Crippen MR) is 105 cm³/mol. The SMILES string of the molecule is CC(=O)N1CCCCC1CCS(=O)(=O)N1CCN(C)c2cc(Cl)ccc21. The Bertz CT molecular complexity index is 784. The number of fused-ring (bicyclic) bond motifs is 1. The molecule has 8 heteroatoms. The topological polar surface area (TPSA) is 60.9 Å². The van der Waals surface area contributed by atoms with Crippen molar-refractivity contribution in [2.24, 2.45) is 0 Å². The van der Waals surface area contributed by atoms with Crippen LogP contribution < -0.4 is 9.21 Å². The number of nitrogens with zero attached hydrogens (tertiary/aromatic N) is 3. The first kappa shape index (κ1) is 19.3. The van der Waals surface area contributed by atoms with E-state index < -0.39 is 10.0 Å². The number of carbonyl (C=O) groups excluding carboxylic acids is 1. The number of rotatable bonds is 4. The zero-order valence-electron chi connectivity index (χ0n) is 15.3. The van der Waals surface area contributed by atoms with Gasteiger partial charge in [-0.3, -0.25) is 9.10 Å². The van der Waals surface area contributed by atoms with Gasteiger partial charge < -0.3 is 9.80 Å². The van der Waals surface area contributed by atoms with Crippen LogP contribution >= 0.6 is 11.6 Å². The highest BCUT2D eigenvalue weighted by Crippen LogP contribution is 2.36. The van der Waals surface area contributed by atoms with E-state index in [9.17, 15) is 13.2 Å². The summed E-state index contributed by atoms with van der Waals surface area (Å²) in [4.78, 5) is 15.7. The predicted octanol–water partition coefficient (Wildman–Crippen LogP) is 2.72. The lowest BCUT2D eigenvalue weighted by atomic mass is 10.00.